The van der Waals surface area contributed by atoms with E-state index in [0.29, 0.717) is 18.0 Å². The van der Waals surface area contributed by atoms with Crippen molar-refractivity contribution in [1.82, 2.24) is 14.4 Å². The molecule has 3 heterocycles. The molecule has 0 saturated carbocycles. The number of nitrogens with zero attached hydrogens (tertiary/aromatic N) is 3. The highest BCUT2D eigenvalue weighted by Crippen LogP contribution is 2.27. The van der Waals surface area contributed by atoms with E-state index in [9.17, 15) is 4.79 Å². The minimum Gasteiger partial charge on any atom is -0.302 e. The van der Waals surface area contributed by atoms with Crippen molar-refractivity contribution in [2.24, 2.45) is 0 Å². The second kappa shape index (κ2) is 7.42. The molecule has 1 amide bonds. The molecule has 144 valence electrons. The average Bonchev–Trinajstić information content (AvgIpc) is 3.40. The van der Waals surface area contributed by atoms with E-state index in [0.717, 1.165) is 32.1 Å². The largest absolute Gasteiger partial charge is 0.302 e. The number of nitrogens with one attached hydrogen (secondary N) is 1. The summed E-state index contributed by atoms with van der Waals surface area (Å²) < 4.78 is 3.17. The molecule has 0 unspecified atom stereocenters. The van der Waals surface area contributed by atoms with E-state index in [1.54, 1.807) is 11.3 Å². The molecule has 0 aliphatic rings. The van der Waals surface area contributed by atoms with Crippen LogP contribution in [0.1, 0.15) is 17.7 Å². The topological polar surface area (TPSA) is 59.3 Å². The third-order valence-electron chi connectivity index (χ3n) is 4.75. The second-order valence-corrected chi connectivity index (χ2v) is 8.78. The van der Waals surface area contributed by atoms with Gasteiger partial charge >= 0.3 is 0 Å². The number of aromatic nitrogens is 3. The number of rotatable bonds is 5. The molecule has 0 aliphatic carbocycles. The molecule has 3 aromatic heterocycles. The molecule has 2 aromatic carbocycles. The maximum absolute atomic E-state index is 12.4. The molecule has 5 rings (SSSR count). The van der Waals surface area contributed by atoms with E-state index in [1.807, 2.05) is 36.5 Å². The van der Waals surface area contributed by atoms with Gasteiger partial charge in [0.05, 0.1) is 15.9 Å². The molecule has 5 nitrogen and oxygen atoms in total. The molecular weight excluding hydrogens is 400 g/mol. The second-order valence-electron chi connectivity index (χ2n) is 6.91. The highest BCUT2D eigenvalue weighted by molar-refractivity contribution is 7.22. The van der Waals surface area contributed by atoms with Crippen molar-refractivity contribution in [1.29, 1.82) is 0 Å². The average molecular weight is 419 g/mol. The Kier molecular flexibility index (Phi) is 4.61. The Bertz CT molecular complexity index is 1320. The molecule has 0 radical (unpaired) electrons. The van der Waals surface area contributed by atoms with Gasteiger partial charge < -0.3 is 5.32 Å². The number of hydrogen-bond donors (Lipinski definition) is 1. The number of benzene rings is 2. The number of anilines is 1. The van der Waals surface area contributed by atoms with E-state index in [4.69, 9.17) is 4.98 Å². The number of aryl methyl sites for hydroxylation is 2. The minimum absolute atomic E-state index is 0.0245. The minimum atomic E-state index is -0.0245. The lowest BCUT2D eigenvalue weighted by molar-refractivity contribution is -0.116. The van der Waals surface area contributed by atoms with Gasteiger partial charge in [0.25, 0.3) is 0 Å². The summed E-state index contributed by atoms with van der Waals surface area (Å²) in [5.74, 6) is -0.0245. The number of thiazole rings is 2. The van der Waals surface area contributed by atoms with Crippen molar-refractivity contribution < 1.29 is 4.79 Å². The number of hydrogen-bond acceptors (Lipinski definition) is 5. The summed E-state index contributed by atoms with van der Waals surface area (Å²) in [6.45, 7) is 2.05. The summed E-state index contributed by atoms with van der Waals surface area (Å²) in [4.78, 5) is 22.6. The van der Waals surface area contributed by atoms with Gasteiger partial charge in [-0.25, -0.2) is 9.97 Å². The number of amides is 1. The van der Waals surface area contributed by atoms with E-state index < -0.39 is 0 Å². The molecule has 5 aromatic rings. The fourth-order valence-electron chi connectivity index (χ4n) is 3.27. The molecule has 7 heteroatoms. The van der Waals surface area contributed by atoms with Gasteiger partial charge in [-0.1, -0.05) is 47.7 Å². The molecule has 29 heavy (non-hydrogen) atoms. The van der Waals surface area contributed by atoms with E-state index in [-0.39, 0.29) is 5.91 Å². The van der Waals surface area contributed by atoms with Crippen LogP contribution in [0.2, 0.25) is 0 Å². The van der Waals surface area contributed by atoms with Gasteiger partial charge in [-0.05, 0) is 31.0 Å². The summed E-state index contributed by atoms with van der Waals surface area (Å²) >= 11 is 3.11. The zero-order valence-corrected chi connectivity index (χ0v) is 17.4. The Hall–Kier alpha value is -3.03. The molecule has 0 bridgehead atoms. The number of imidazole rings is 1. The summed E-state index contributed by atoms with van der Waals surface area (Å²) in [7, 11) is 0. The van der Waals surface area contributed by atoms with Gasteiger partial charge in [-0.15, -0.1) is 11.3 Å². The van der Waals surface area contributed by atoms with Crippen LogP contribution in [0.25, 0.3) is 26.4 Å². The lowest BCUT2D eigenvalue weighted by atomic mass is 10.2. The quantitative estimate of drug-likeness (QED) is 0.407. The number of fused-ring (bicyclic) bond motifs is 2. The molecule has 0 spiro atoms. The first-order chi connectivity index (χ1) is 14.2. The summed E-state index contributed by atoms with van der Waals surface area (Å²) in [6, 6.07) is 16.2. The Morgan fingerprint density at radius 3 is 2.86 bits per heavy atom. The Morgan fingerprint density at radius 2 is 2.00 bits per heavy atom. The van der Waals surface area contributed by atoms with E-state index in [2.05, 4.69) is 45.2 Å². The van der Waals surface area contributed by atoms with Gasteiger partial charge in [0.2, 0.25) is 5.91 Å². The number of carbonyl (C=O) groups excluding carboxylic acids is 1. The number of carbonyl (C=O) groups is 1. The third-order valence-corrected chi connectivity index (χ3v) is 6.57. The predicted octanol–water partition coefficient (Wildman–Crippen LogP) is 5.55. The van der Waals surface area contributed by atoms with Crippen LogP contribution < -0.4 is 5.32 Å². The van der Waals surface area contributed by atoms with Gasteiger partial charge in [0.1, 0.15) is 0 Å². The van der Waals surface area contributed by atoms with Crippen molar-refractivity contribution in [3.63, 3.8) is 0 Å². The lowest BCUT2D eigenvalue weighted by Gasteiger charge is -2.01. The molecule has 0 atom stereocenters. The molecule has 0 aliphatic heterocycles. The van der Waals surface area contributed by atoms with E-state index in [1.165, 1.54) is 16.9 Å². The van der Waals surface area contributed by atoms with Gasteiger partial charge in [-0.3, -0.25) is 9.20 Å². The Morgan fingerprint density at radius 1 is 1.14 bits per heavy atom. The maximum Gasteiger partial charge on any atom is 0.226 e. The summed E-state index contributed by atoms with van der Waals surface area (Å²) in [6.07, 6.45) is 3.10. The summed E-state index contributed by atoms with van der Waals surface area (Å²) in [5.41, 5.74) is 5.25. The SMILES string of the molecule is Cc1ccc2nc(NC(=O)CCc3csc4nc(-c5ccccc5)cn34)sc2c1. The fraction of sp³-hybridized carbons (Fsp3) is 0.136. The normalized spacial score (nSPS) is 11.3. The van der Waals surface area contributed by atoms with Crippen LogP contribution in [0.4, 0.5) is 5.13 Å². The Balaban J connectivity index is 1.28. The van der Waals surface area contributed by atoms with Crippen LogP contribution in [0.5, 0.6) is 0 Å². The van der Waals surface area contributed by atoms with Gasteiger partial charge in [-0.2, -0.15) is 0 Å². The van der Waals surface area contributed by atoms with Crippen molar-refractivity contribution in [2.75, 3.05) is 5.32 Å². The molecule has 0 saturated heterocycles. The van der Waals surface area contributed by atoms with Crippen molar-refractivity contribution in [3.05, 3.63) is 71.4 Å². The van der Waals surface area contributed by atoms with Crippen LogP contribution in [-0.2, 0) is 11.2 Å². The summed E-state index contributed by atoms with van der Waals surface area (Å²) in [5, 5.41) is 5.67. The van der Waals surface area contributed by atoms with E-state index >= 15 is 0 Å². The maximum atomic E-state index is 12.4. The molecule has 1 N–H and O–H groups in total. The van der Waals surface area contributed by atoms with Crippen molar-refractivity contribution in [2.45, 2.75) is 19.8 Å². The van der Waals surface area contributed by atoms with Crippen molar-refractivity contribution >= 4 is 48.9 Å². The monoisotopic (exact) mass is 418 g/mol. The van der Waals surface area contributed by atoms with Crippen LogP contribution >= 0.6 is 22.7 Å². The highest BCUT2D eigenvalue weighted by atomic mass is 32.1. The molecule has 0 fully saturated rings. The van der Waals surface area contributed by atoms with Crippen LogP contribution in [0, 0.1) is 6.92 Å². The standard InChI is InChI=1S/C22H18N4OS2/c1-14-7-9-17-19(11-14)29-21(23-17)25-20(27)10-8-16-13-28-22-24-18(12-26(16)22)15-5-3-2-4-6-15/h2-7,9,11-13H,8,10H2,1H3,(H,23,25,27). The van der Waals surface area contributed by atoms with Crippen LogP contribution in [0.15, 0.2) is 60.1 Å². The smallest absolute Gasteiger partial charge is 0.226 e. The first-order valence-electron chi connectivity index (χ1n) is 9.34. The molecular formula is C22H18N4OS2. The van der Waals surface area contributed by atoms with Crippen LogP contribution in [-0.4, -0.2) is 20.3 Å². The first-order valence-corrected chi connectivity index (χ1v) is 11.0. The van der Waals surface area contributed by atoms with Crippen molar-refractivity contribution in [3.8, 4) is 11.3 Å². The zero-order valence-electron chi connectivity index (χ0n) is 15.8. The highest BCUT2D eigenvalue weighted by Gasteiger charge is 2.12. The van der Waals surface area contributed by atoms with Gasteiger partial charge in [0, 0.05) is 29.3 Å². The first kappa shape index (κ1) is 18.0. The third kappa shape index (κ3) is 3.66. The zero-order chi connectivity index (χ0) is 19.8. The Labute approximate surface area is 175 Å². The van der Waals surface area contributed by atoms with Crippen LogP contribution in [0.3, 0.4) is 0 Å². The predicted molar refractivity (Wildman–Crippen MR) is 120 cm³/mol. The lowest BCUT2D eigenvalue weighted by Crippen LogP contribution is -2.12. The van der Waals surface area contributed by atoms with Gasteiger partial charge in [0.15, 0.2) is 10.1 Å². The fourth-order valence-corrected chi connectivity index (χ4v) is 5.15.